The van der Waals surface area contributed by atoms with Crippen molar-refractivity contribution in [3.63, 3.8) is 0 Å². The van der Waals surface area contributed by atoms with Crippen molar-refractivity contribution in [1.82, 2.24) is 10.2 Å². The molecule has 3 rings (SSSR count). The highest BCUT2D eigenvalue weighted by atomic mass is 16.5. The van der Waals surface area contributed by atoms with Crippen LogP contribution >= 0.6 is 0 Å². The molecule has 116 valence electrons. The molecule has 0 bridgehead atoms. The van der Waals surface area contributed by atoms with Crippen LogP contribution in [0, 0.1) is 0 Å². The molecule has 0 radical (unpaired) electrons. The van der Waals surface area contributed by atoms with E-state index in [9.17, 15) is 0 Å². The van der Waals surface area contributed by atoms with Crippen molar-refractivity contribution in [2.24, 2.45) is 5.73 Å². The molecular weight excluding hydrogens is 276 g/mol. The third-order valence-electron chi connectivity index (χ3n) is 3.82. The molecule has 1 unspecified atom stereocenters. The van der Waals surface area contributed by atoms with Gasteiger partial charge in [-0.3, -0.25) is 0 Å². The molecule has 1 aromatic heterocycles. The third-order valence-corrected chi connectivity index (χ3v) is 3.82. The van der Waals surface area contributed by atoms with Gasteiger partial charge in [0.05, 0.1) is 12.3 Å². The van der Waals surface area contributed by atoms with Gasteiger partial charge in [-0.15, -0.1) is 10.2 Å². The van der Waals surface area contributed by atoms with Crippen molar-refractivity contribution in [1.29, 1.82) is 0 Å². The average Bonchev–Trinajstić information content (AvgIpc) is 3.00. The summed E-state index contributed by atoms with van der Waals surface area (Å²) < 4.78 is 5.59. The number of hydrogen-bond donors (Lipinski definition) is 1. The standard InChI is InChI=1S/C17H22N4O/c1-2-11-22-15-5-3-13(4-6-15)16-7-8-17(20-19-16)21-10-9-14(18)12-21/h3-8,14H,2,9-12,18H2,1H3. The zero-order chi connectivity index (χ0) is 15.4. The van der Waals surface area contributed by atoms with Gasteiger partial charge in [0.25, 0.3) is 0 Å². The van der Waals surface area contributed by atoms with Crippen LogP contribution < -0.4 is 15.4 Å². The van der Waals surface area contributed by atoms with E-state index in [1.807, 2.05) is 36.4 Å². The predicted octanol–water partition coefficient (Wildman–Crippen LogP) is 2.47. The molecule has 0 spiro atoms. The molecule has 0 amide bonds. The van der Waals surface area contributed by atoms with Crippen molar-refractivity contribution in [2.75, 3.05) is 24.6 Å². The molecule has 1 aliphatic rings. The van der Waals surface area contributed by atoms with Crippen LogP contribution in [0.2, 0.25) is 0 Å². The van der Waals surface area contributed by atoms with Crippen molar-refractivity contribution in [3.8, 4) is 17.0 Å². The van der Waals surface area contributed by atoms with Crippen LogP contribution in [-0.2, 0) is 0 Å². The summed E-state index contributed by atoms with van der Waals surface area (Å²) in [5, 5.41) is 8.67. The Hall–Kier alpha value is -2.14. The molecule has 22 heavy (non-hydrogen) atoms. The van der Waals surface area contributed by atoms with Crippen LogP contribution in [-0.4, -0.2) is 35.9 Å². The van der Waals surface area contributed by atoms with E-state index >= 15 is 0 Å². The van der Waals surface area contributed by atoms with Gasteiger partial charge in [-0.25, -0.2) is 0 Å². The highest BCUT2D eigenvalue weighted by Crippen LogP contribution is 2.23. The lowest BCUT2D eigenvalue weighted by atomic mass is 10.1. The molecule has 1 aromatic carbocycles. The van der Waals surface area contributed by atoms with Crippen molar-refractivity contribution < 1.29 is 4.74 Å². The van der Waals surface area contributed by atoms with Crippen LogP contribution in [0.3, 0.4) is 0 Å². The second-order valence-corrected chi connectivity index (χ2v) is 5.64. The Morgan fingerprint density at radius 2 is 2.00 bits per heavy atom. The Balaban J connectivity index is 1.69. The summed E-state index contributed by atoms with van der Waals surface area (Å²) >= 11 is 0. The van der Waals surface area contributed by atoms with Gasteiger partial charge in [-0.05, 0) is 49.2 Å². The lowest BCUT2D eigenvalue weighted by Gasteiger charge is -2.16. The van der Waals surface area contributed by atoms with E-state index in [-0.39, 0.29) is 6.04 Å². The molecule has 2 aromatic rings. The fourth-order valence-corrected chi connectivity index (χ4v) is 2.59. The minimum atomic E-state index is 0.247. The highest BCUT2D eigenvalue weighted by molar-refractivity contribution is 5.60. The fraction of sp³-hybridized carbons (Fsp3) is 0.412. The molecule has 2 N–H and O–H groups in total. The zero-order valence-corrected chi connectivity index (χ0v) is 12.9. The summed E-state index contributed by atoms with van der Waals surface area (Å²) in [5.74, 6) is 1.79. The molecule has 0 aliphatic carbocycles. The molecule has 1 fully saturated rings. The molecule has 0 saturated carbocycles. The Labute approximate surface area is 131 Å². The molecule has 1 aliphatic heterocycles. The lowest BCUT2D eigenvalue weighted by molar-refractivity contribution is 0.317. The maximum Gasteiger partial charge on any atom is 0.151 e. The topological polar surface area (TPSA) is 64.3 Å². The van der Waals surface area contributed by atoms with Crippen LogP contribution in [0.1, 0.15) is 19.8 Å². The smallest absolute Gasteiger partial charge is 0.151 e. The van der Waals surface area contributed by atoms with E-state index in [1.165, 1.54) is 0 Å². The maximum atomic E-state index is 5.93. The Kier molecular flexibility index (Phi) is 4.53. The molecular formula is C17H22N4O. The van der Waals surface area contributed by atoms with Crippen LogP contribution in [0.25, 0.3) is 11.3 Å². The highest BCUT2D eigenvalue weighted by Gasteiger charge is 2.20. The number of aromatic nitrogens is 2. The van der Waals surface area contributed by atoms with Gasteiger partial charge in [-0.2, -0.15) is 0 Å². The number of nitrogens with zero attached hydrogens (tertiary/aromatic N) is 3. The van der Waals surface area contributed by atoms with Crippen molar-refractivity contribution in [2.45, 2.75) is 25.8 Å². The zero-order valence-electron chi connectivity index (χ0n) is 12.9. The Morgan fingerprint density at radius 1 is 1.18 bits per heavy atom. The van der Waals surface area contributed by atoms with Gasteiger partial charge in [0, 0.05) is 24.7 Å². The van der Waals surface area contributed by atoms with Gasteiger partial charge >= 0.3 is 0 Å². The first-order valence-corrected chi connectivity index (χ1v) is 7.84. The minimum Gasteiger partial charge on any atom is -0.494 e. The predicted molar refractivity (Wildman–Crippen MR) is 88.1 cm³/mol. The molecule has 5 heteroatoms. The summed E-state index contributed by atoms with van der Waals surface area (Å²) in [6, 6.07) is 12.2. The molecule has 1 saturated heterocycles. The first-order chi connectivity index (χ1) is 10.8. The molecule has 2 heterocycles. The Morgan fingerprint density at radius 3 is 2.59 bits per heavy atom. The first-order valence-electron chi connectivity index (χ1n) is 7.84. The second-order valence-electron chi connectivity index (χ2n) is 5.64. The number of ether oxygens (including phenoxy) is 1. The third kappa shape index (κ3) is 3.36. The summed E-state index contributed by atoms with van der Waals surface area (Å²) in [4.78, 5) is 2.18. The summed E-state index contributed by atoms with van der Waals surface area (Å²) in [6.07, 6.45) is 2.03. The summed E-state index contributed by atoms with van der Waals surface area (Å²) in [7, 11) is 0. The van der Waals surface area contributed by atoms with E-state index < -0.39 is 0 Å². The van der Waals surface area contributed by atoms with Crippen LogP contribution in [0.15, 0.2) is 36.4 Å². The van der Waals surface area contributed by atoms with E-state index in [1.54, 1.807) is 0 Å². The van der Waals surface area contributed by atoms with Crippen LogP contribution in [0.5, 0.6) is 5.75 Å². The number of hydrogen-bond acceptors (Lipinski definition) is 5. The van der Waals surface area contributed by atoms with E-state index in [2.05, 4.69) is 22.0 Å². The van der Waals surface area contributed by atoms with Crippen molar-refractivity contribution in [3.05, 3.63) is 36.4 Å². The van der Waals surface area contributed by atoms with E-state index in [0.717, 1.165) is 55.4 Å². The minimum absolute atomic E-state index is 0.247. The normalized spacial score (nSPS) is 17.7. The fourth-order valence-electron chi connectivity index (χ4n) is 2.59. The van der Waals surface area contributed by atoms with Gasteiger partial charge in [0.2, 0.25) is 0 Å². The lowest BCUT2D eigenvalue weighted by Crippen LogP contribution is -2.27. The van der Waals surface area contributed by atoms with Gasteiger partial charge in [0.1, 0.15) is 5.75 Å². The number of nitrogens with two attached hydrogens (primary N) is 1. The van der Waals surface area contributed by atoms with E-state index in [4.69, 9.17) is 10.5 Å². The average molecular weight is 298 g/mol. The number of benzene rings is 1. The summed E-state index contributed by atoms with van der Waals surface area (Å²) in [5.41, 5.74) is 7.84. The van der Waals surface area contributed by atoms with Gasteiger partial charge in [-0.1, -0.05) is 6.92 Å². The SMILES string of the molecule is CCCOc1ccc(-c2ccc(N3CCC(N)C3)nn2)cc1. The number of rotatable bonds is 5. The van der Waals surface area contributed by atoms with Crippen LogP contribution in [0.4, 0.5) is 5.82 Å². The van der Waals surface area contributed by atoms with E-state index in [0.29, 0.717) is 0 Å². The molecule has 1 atom stereocenters. The largest absolute Gasteiger partial charge is 0.494 e. The molecule has 5 nitrogen and oxygen atoms in total. The number of anilines is 1. The van der Waals surface area contributed by atoms with Crippen molar-refractivity contribution >= 4 is 5.82 Å². The van der Waals surface area contributed by atoms with Gasteiger partial charge < -0.3 is 15.4 Å². The maximum absolute atomic E-state index is 5.93. The first kappa shape index (κ1) is 14.8. The Bertz CT molecular complexity index is 597. The van der Waals surface area contributed by atoms with Gasteiger partial charge in [0.15, 0.2) is 5.82 Å². The quantitative estimate of drug-likeness (QED) is 0.918. The second kappa shape index (κ2) is 6.75. The monoisotopic (exact) mass is 298 g/mol. The summed E-state index contributed by atoms with van der Waals surface area (Å²) in [6.45, 7) is 4.65.